The van der Waals surface area contributed by atoms with Crippen LogP contribution in [0, 0.1) is 0 Å². The average Bonchev–Trinajstić information content (AvgIpc) is 2.85. The molecule has 21 heavy (non-hydrogen) atoms. The second-order valence-electron chi connectivity index (χ2n) is 4.54. The number of carbonyl (C=O) groups excluding carboxylic acids is 1. The van der Waals surface area contributed by atoms with Crippen LogP contribution in [-0.4, -0.2) is 28.9 Å². The van der Waals surface area contributed by atoms with Gasteiger partial charge in [-0.15, -0.1) is 10.2 Å². The Kier molecular flexibility index (Phi) is 4.55. The molecule has 5 nitrogen and oxygen atoms in total. The summed E-state index contributed by atoms with van der Waals surface area (Å²) in [6, 6.07) is 0.723. The zero-order valence-electron chi connectivity index (χ0n) is 11.2. The van der Waals surface area contributed by atoms with Crippen molar-refractivity contribution in [1.29, 1.82) is 0 Å². The summed E-state index contributed by atoms with van der Waals surface area (Å²) in [5.74, 6) is -0.833. The normalized spacial score (nSPS) is 18.9. The lowest BCUT2D eigenvalue weighted by atomic mass is 10.2. The van der Waals surface area contributed by atoms with Crippen molar-refractivity contribution >= 4 is 23.4 Å². The minimum atomic E-state index is -4.61. The molecule has 1 fully saturated rings. The van der Waals surface area contributed by atoms with Crippen LogP contribution < -0.4 is 4.90 Å². The highest BCUT2D eigenvalue weighted by atomic mass is 35.5. The highest BCUT2D eigenvalue weighted by molar-refractivity contribution is 6.29. The fourth-order valence-corrected chi connectivity index (χ4v) is 2.27. The van der Waals surface area contributed by atoms with E-state index in [9.17, 15) is 18.0 Å². The van der Waals surface area contributed by atoms with Gasteiger partial charge in [-0.2, -0.15) is 13.2 Å². The van der Waals surface area contributed by atoms with Gasteiger partial charge in [0.1, 0.15) is 5.56 Å². The molecule has 0 unspecified atom stereocenters. The first kappa shape index (κ1) is 15.8. The number of rotatable bonds is 3. The number of hydrogen-bond acceptors (Lipinski definition) is 5. The van der Waals surface area contributed by atoms with Crippen LogP contribution in [0.25, 0.3) is 0 Å². The Hall–Kier alpha value is -1.57. The number of carbonyl (C=O) groups is 1. The number of halogens is 4. The van der Waals surface area contributed by atoms with Gasteiger partial charge in [0.25, 0.3) is 0 Å². The summed E-state index contributed by atoms with van der Waals surface area (Å²) in [7, 11) is 0. The second-order valence-corrected chi connectivity index (χ2v) is 4.92. The molecule has 0 N–H and O–H groups in total. The molecule has 1 aliphatic rings. The molecule has 0 saturated carbocycles. The molecule has 1 atom stereocenters. The highest BCUT2D eigenvalue weighted by Crippen LogP contribution is 2.38. The van der Waals surface area contributed by atoms with E-state index in [1.165, 1.54) is 4.90 Å². The van der Waals surface area contributed by atoms with Crippen LogP contribution in [0.5, 0.6) is 0 Å². The molecule has 0 amide bonds. The maximum absolute atomic E-state index is 13.1. The van der Waals surface area contributed by atoms with Crippen molar-refractivity contribution in [3.63, 3.8) is 0 Å². The summed E-state index contributed by atoms with van der Waals surface area (Å²) in [4.78, 5) is 12.7. The van der Waals surface area contributed by atoms with Gasteiger partial charge in [0.15, 0.2) is 17.2 Å². The smallest absolute Gasteiger partial charge is 0.420 e. The Labute approximate surface area is 124 Å². The topological polar surface area (TPSA) is 55.3 Å². The van der Waals surface area contributed by atoms with Crippen LogP contribution in [0.15, 0.2) is 6.07 Å². The number of aromatic nitrogens is 2. The number of alkyl halides is 3. The average molecular weight is 324 g/mol. The zero-order valence-corrected chi connectivity index (χ0v) is 11.9. The van der Waals surface area contributed by atoms with Gasteiger partial charge in [-0.05, 0) is 12.5 Å². The SMILES string of the molecule is CCC(=O)O[C@@H]1CCCN1c1nnc(Cl)cc1C(F)(F)F. The summed E-state index contributed by atoms with van der Waals surface area (Å²) in [6.45, 7) is 1.92. The van der Waals surface area contributed by atoms with Crippen molar-refractivity contribution in [2.75, 3.05) is 11.4 Å². The maximum Gasteiger partial charge on any atom is 0.420 e. The van der Waals surface area contributed by atoms with Gasteiger partial charge in [-0.25, -0.2) is 0 Å². The quantitative estimate of drug-likeness (QED) is 0.800. The van der Waals surface area contributed by atoms with E-state index in [2.05, 4.69) is 10.2 Å². The molecule has 1 aromatic heterocycles. The Balaban J connectivity index is 2.34. The standard InChI is InChI=1S/C12H13ClF3N3O2/c1-2-10(20)21-9-4-3-5-19(9)11-7(12(14,15)16)6-8(13)17-18-11/h6,9H,2-5H2,1H3/t9-/m1/s1. The van der Waals surface area contributed by atoms with E-state index in [0.717, 1.165) is 6.07 Å². The zero-order chi connectivity index (χ0) is 15.6. The van der Waals surface area contributed by atoms with E-state index in [-0.39, 0.29) is 17.4 Å². The summed E-state index contributed by atoms with van der Waals surface area (Å²) in [5.41, 5.74) is -0.984. The first-order chi connectivity index (χ1) is 9.82. The third kappa shape index (κ3) is 3.55. The van der Waals surface area contributed by atoms with Crippen LogP contribution in [0.4, 0.5) is 19.0 Å². The molecular formula is C12H13ClF3N3O2. The Morgan fingerprint density at radius 2 is 2.24 bits per heavy atom. The lowest BCUT2D eigenvalue weighted by Gasteiger charge is -2.27. The Bertz CT molecular complexity index is 539. The van der Waals surface area contributed by atoms with Crippen LogP contribution in [0.3, 0.4) is 0 Å². The summed E-state index contributed by atoms with van der Waals surface area (Å²) < 4.78 is 44.4. The fraction of sp³-hybridized carbons (Fsp3) is 0.583. The molecule has 116 valence electrons. The van der Waals surface area contributed by atoms with Crippen LogP contribution in [-0.2, 0) is 15.7 Å². The first-order valence-corrected chi connectivity index (χ1v) is 6.77. The van der Waals surface area contributed by atoms with E-state index < -0.39 is 23.9 Å². The molecule has 9 heteroatoms. The molecule has 1 saturated heterocycles. The van der Waals surface area contributed by atoms with Crippen molar-refractivity contribution < 1.29 is 22.7 Å². The van der Waals surface area contributed by atoms with Crippen LogP contribution in [0.2, 0.25) is 5.15 Å². The van der Waals surface area contributed by atoms with Gasteiger partial charge in [-0.3, -0.25) is 4.79 Å². The van der Waals surface area contributed by atoms with Crippen LogP contribution in [0.1, 0.15) is 31.7 Å². The molecule has 1 aromatic rings. The van der Waals surface area contributed by atoms with Crippen molar-refractivity contribution in [2.24, 2.45) is 0 Å². The maximum atomic E-state index is 13.1. The second kappa shape index (κ2) is 6.05. The van der Waals surface area contributed by atoms with Gasteiger partial charge >= 0.3 is 12.1 Å². The lowest BCUT2D eigenvalue weighted by molar-refractivity contribution is -0.148. The van der Waals surface area contributed by atoms with Gasteiger partial charge in [-0.1, -0.05) is 18.5 Å². The van der Waals surface area contributed by atoms with Gasteiger partial charge in [0.2, 0.25) is 0 Å². The first-order valence-electron chi connectivity index (χ1n) is 6.39. The predicted octanol–water partition coefficient (Wildman–Crippen LogP) is 3.03. The molecule has 1 aliphatic heterocycles. The molecule has 2 heterocycles. The van der Waals surface area contributed by atoms with Crippen molar-refractivity contribution in [2.45, 2.75) is 38.6 Å². The van der Waals surface area contributed by atoms with E-state index in [1.54, 1.807) is 6.92 Å². The summed E-state index contributed by atoms with van der Waals surface area (Å²) in [5, 5.41) is 6.67. The molecule has 0 radical (unpaired) electrons. The van der Waals surface area contributed by atoms with E-state index in [1.807, 2.05) is 0 Å². The largest absolute Gasteiger partial charge is 0.442 e. The van der Waals surface area contributed by atoms with Crippen molar-refractivity contribution in [1.82, 2.24) is 10.2 Å². The summed E-state index contributed by atoms with van der Waals surface area (Å²) >= 11 is 5.50. The molecule has 0 spiro atoms. The summed E-state index contributed by atoms with van der Waals surface area (Å²) in [6.07, 6.45) is -4.16. The number of ether oxygens (including phenoxy) is 1. The molecule has 0 aliphatic carbocycles. The predicted molar refractivity (Wildman–Crippen MR) is 68.8 cm³/mol. The molecular weight excluding hydrogens is 311 g/mol. The number of anilines is 1. The number of nitrogens with zero attached hydrogens (tertiary/aromatic N) is 3. The number of esters is 1. The monoisotopic (exact) mass is 323 g/mol. The number of hydrogen-bond donors (Lipinski definition) is 0. The minimum absolute atomic E-state index is 0.156. The van der Waals surface area contributed by atoms with E-state index >= 15 is 0 Å². The Morgan fingerprint density at radius 1 is 1.52 bits per heavy atom. The van der Waals surface area contributed by atoms with E-state index in [4.69, 9.17) is 16.3 Å². The van der Waals surface area contributed by atoms with Gasteiger partial charge < -0.3 is 9.64 Å². The van der Waals surface area contributed by atoms with Crippen molar-refractivity contribution in [3.8, 4) is 0 Å². The lowest BCUT2D eigenvalue weighted by Crippen LogP contribution is -2.35. The van der Waals surface area contributed by atoms with Gasteiger partial charge in [0.05, 0.1) is 0 Å². The van der Waals surface area contributed by atoms with E-state index in [0.29, 0.717) is 19.4 Å². The van der Waals surface area contributed by atoms with Crippen LogP contribution >= 0.6 is 11.6 Å². The fourth-order valence-electron chi connectivity index (χ4n) is 2.12. The molecule has 0 bridgehead atoms. The minimum Gasteiger partial charge on any atom is -0.442 e. The van der Waals surface area contributed by atoms with Gasteiger partial charge in [0, 0.05) is 19.4 Å². The highest BCUT2D eigenvalue weighted by Gasteiger charge is 2.40. The Morgan fingerprint density at radius 3 is 2.86 bits per heavy atom. The molecule has 0 aromatic carbocycles. The third-order valence-corrected chi connectivity index (χ3v) is 3.26. The third-order valence-electron chi connectivity index (χ3n) is 3.08. The molecule has 2 rings (SSSR count). The van der Waals surface area contributed by atoms with Crippen molar-refractivity contribution in [3.05, 3.63) is 16.8 Å².